The average Bonchev–Trinajstić information content (AvgIpc) is 3.59. The molecule has 0 bridgehead atoms. The standard InChI is InChI=1S/C24H29ClN2O5S/c25-9-1-6-23(28)27(14-19-4-2-10-30-19)16-24(29)26(15-20-5-3-11-33-20)13-18-7-8-21-22(12-18)32-17-31-21/h3,5,7-8,11-12,19H,1-2,4,6,9-10,13-17H2. The van der Waals surface area contributed by atoms with Crippen LogP contribution in [0.4, 0.5) is 0 Å². The van der Waals surface area contributed by atoms with E-state index in [0.29, 0.717) is 56.5 Å². The van der Waals surface area contributed by atoms with Gasteiger partial charge in [-0.15, -0.1) is 22.9 Å². The molecule has 7 nitrogen and oxygen atoms in total. The maximum atomic E-state index is 13.5. The highest BCUT2D eigenvalue weighted by Crippen LogP contribution is 2.33. The Hall–Kier alpha value is -2.29. The molecule has 2 aliphatic heterocycles. The van der Waals surface area contributed by atoms with Crippen molar-refractivity contribution in [2.24, 2.45) is 0 Å². The van der Waals surface area contributed by atoms with Crippen LogP contribution in [0.3, 0.4) is 0 Å². The second kappa shape index (κ2) is 11.7. The zero-order valence-electron chi connectivity index (χ0n) is 18.5. The molecule has 0 spiro atoms. The number of thiophene rings is 1. The van der Waals surface area contributed by atoms with Crippen LogP contribution in [0.15, 0.2) is 35.7 Å². The van der Waals surface area contributed by atoms with Crippen molar-refractivity contribution in [3.05, 3.63) is 46.2 Å². The zero-order valence-corrected chi connectivity index (χ0v) is 20.1. The lowest BCUT2D eigenvalue weighted by molar-refractivity contribution is -0.142. The van der Waals surface area contributed by atoms with Crippen LogP contribution in [-0.2, 0) is 27.4 Å². The molecule has 1 fully saturated rings. The number of nitrogens with zero attached hydrogens (tertiary/aromatic N) is 2. The summed E-state index contributed by atoms with van der Waals surface area (Å²) in [6.45, 7) is 2.27. The van der Waals surface area contributed by atoms with Crippen molar-refractivity contribution >= 4 is 34.8 Å². The number of halogens is 1. The summed E-state index contributed by atoms with van der Waals surface area (Å²) in [7, 11) is 0. The Labute approximate surface area is 203 Å². The van der Waals surface area contributed by atoms with E-state index in [1.165, 1.54) is 0 Å². The molecule has 2 amide bonds. The molecule has 1 aromatic carbocycles. The Balaban J connectivity index is 1.48. The first-order chi connectivity index (χ1) is 16.1. The van der Waals surface area contributed by atoms with E-state index in [4.69, 9.17) is 25.8 Å². The first kappa shape index (κ1) is 23.9. The lowest BCUT2D eigenvalue weighted by atomic mass is 10.1. The number of benzene rings is 1. The Morgan fingerprint density at radius 3 is 2.73 bits per heavy atom. The maximum Gasteiger partial charge on any atom is 0.242 e. The van der Waals surface area contributed by atoms with E-state index in [1.54, 1.807) is 21.1 Å². The largest absolute Gasteiger partial charge is 0.454 e. The van der Waals surface area contributed by atoms with Crippen molar-refractivity contribution in [1.82, 2.24) is 9.80 Å². The predicted octanol–water partition coefficient (Wildman–Crippen LogP) is 4.03. The molecular weight excluding hydrogens is 464 g/mol. The van der Waals surface area contributed by atoms with Crippen LogP contribution in [0.2, 0.25) is 0 Å². The number of carbonyl (C=O) groups is 2. The molecule has 1 unspecified atom stereocenters. The van der Waals surface area contributed by atoms with Crippen LogP contribution >= 0.6 is 22.9 Å². The molecule has 2 aromatic rings. The third-order valence-electron chi connectivity index (χ3n) is 5.74. The van der Waals surface area contributed by atoms with Gasteiger partial charge in [-0.2, -0.15) is 0 Å². The molecule has 178 valence electrons. The number of amides is 2. The molecule has 1 saturated heterocycles. The highest BCUT2D eigenvalue weighted by atomic mass is 35.5. The first-order valence-electron chi connectivity index (χ1n) is 11.3. The van der Waals surface area contributed by atoms with Gasteiger partial charge in [-0.1, -0.05) is 12.1 Å². The van der Waals surface area contributed by atoms with Crippen LogP contribution in [0.5, 0.6) is 11.5 Å². The van der Waals surface area contributed by atoms with Gasteiger partial charge in [0.2, 0.25) is 18.6 Å². The number of rotatable bonds is 11. The van der Waals surface area contributed by atoms with E-state index in [1.807, 2.05) is 35.7 Å². The lowest BCUT2D eigenvalue weighted by Gasteiger charge is -2.29. The van der Waals surface area contributed by atoms with Crippen LogP contribution in [-0.4, -0.2) is 60.1 Å². The molecule has 1 aromatic heterocycles. The Morgan fingerprint density at radius 1 is 1.09 bits per heavy atom. The molecule has 4 rings (SSSR count). The molecule has 9 heteroatoms. The number of hydrogen-bond acceptors (Lipinski definition) is 6. The van der Waals surface area contributed by atoms with E-state index in [2.05, 4.69) is 0 Å². The van der Waals surface area contributed by atoms with Crippen molar-refractivity contribution < 1.29 is 23.8 Å². The number of fused-ring (bicyclic) bond motifs is 1. The van der Waals surface area contributed by atoms with E-state index in [9.17, 15) is 9.59 Å². The summed E-state index contributed by atoms with van der Waals surface area (Å²) in [5.41, 5.74) is 0.947. The third-order valence-corrected chi connectivity index (χ3v) is 6.87. The van der Waals surface area contributed by atoms with E-state index in [-0.39, 0.29) is 31.3 Å². The van der Waals surface area contributed by atoms with Crippen molar-refractivity contribution in [1.29, 1.82) is 0 Å². The normalized spacial score (nSPS) is 16.7. The fourth-order valence-corrected chi connectivity index (χ4v) is 4.86. The van der Waals surface area contributed by atoms with Gasteiger partial charge in [0.05, 0.1) is 19.2 Å². The molecule has 33 heavy (non-hydrogen) atoms. The topological polar surface area (TPSA) is 68.3 Å². The summed E-state index contributed by atoms with van der Waals surface area (Å²) in [5, 5.41) is 2.00. The SMILES string of the molecule is O=C(CN(CC1CCCO1)C(=O)CCCCl)N(Cc1ccc2c(c1)OCO2)Cc1cccs1. The highest BCUT2D eigenvalue weighted by Gasteiger charge is 2.26. The quantitative estimate of drug-likeness (QED) is 0.443. The summed E-state index contributed by atoms with van der Waals surface area (Å²) in [6.07, 6.45) is 2.79. The van der Waals surface area contributed by atoms with Crippen LogP contribution in [0.1, 0.15) is 36.1 Å². The smallest absolute Gasteiger partial charge is 0.242 e. The number of hydrogen-bond donors (Lipinski definition) is 0. The minimum absolute atomic E-state index is 0.0163. The molecular formula is C24H29ClN2O5S. The Morgan fingerprint density at radius 2 is 1.97 bits per heavy atom. The van der Waals surface area contributed by atoms with E-state index < -0.39 is 0 Å². The summed E-state index contributed by atoms with van der Waals surface area (Å²) in [4.78, 5) is 30.9. The van der Waals surface area contributed by atoms with Crippen LogP contribution < -0.4 is 9.47 Å². The predicted molar refractivity (Wildman–Crippen MR) is 127 cm³/mol. The highest BCUT2D eigenvalue weighted by molar-refractivity contribution is 7.09. The maximum absolute atomic E-state index is 13.5. The van der Waals surface area contributed by atoms with Gasteiger partial charge in [0.15, 0.2) is 11.5 Å². The minimum atomic E-state index is -0.0988. The fraction of sp³-hybridized carbons (Fsp3) is 0.500. The van der Waals surface area contributed by atoms with Gasteiger partial charge >= 0.3 is 0 Å². The second-order valence-corrected chi connectivity index (χ2v) is 9.63. The van der Waals surface area contributed by atoms with Crippen molar-refractivity contribution in [3.8, 4) is 11.5 Å². The van der Waals surface area contributed by atoms with Crippen molar-refractivity contribution in [2.45, 2.75) is 44.9 Å². The summed E-state index contributed by atoms with van der Waals surface area (Å²) < 4.78 is 16.6. The van der Waals surface area contributed by atoms with Gasteiger partial charge in [0, 0.05) is 36.9 Å². The first-order valence-corrected chi connectivity index (χ1v) is 12.7. The molecule has 0 N–H and O–H groups in total. The lowest BCUT2D eigenvalue weighted by Crippen LogP contribution is -2.45. The van der Waals surface area contributed by atoms with Gasteiger partial charge in [-0.3, -0.25) is 9.59 Å². The van der Waals surface area contributed by atoms with Gasteiger partial charge in [-0.25, -0.2) is 0 Å². The number of alkyl halides is 1. The molecule has 1 atom stereocenters. The number of ether oxygens (including phenoxy) is 3. The van der Waals surface area contributed by atoms with Crippen molar-refractivity contribution in [3.63, 3.8) is 0 Å². The molecule has 2 aliphatic rings. The molecule has 0 radical (unpaired) electrons. The van der Waals surface area contributed by atoms with E-state index in [0.717, 1.165) is 23.3 Å². The average molecular weight is 493 g/mol. The molecule has 0 saturated carbocycles. The van der Waals surface area contributed by atoms with Crippen LogP contribution in [0.25, 0.3) is 0 Å². The molecule has 0 aliphatic carbocycles. The molecule has 3 heterocycles. The Bertz CT molecular complexity index is 933. The monoisotopic (exact) mass is 492 g/mol. The second-order valence-electron chi connectivity index (χ2n) is 8.22. The van der Waals surface area contributed by atoms with Gasteiger partial charge < -0.3 is 24.0 Å². The fourth-order valence-electron chi connectivity index (χ4n) is 4.01. The van der Waals surface area contributed by atoms with Gasteiger partial charge in [-0.05, 0) is 48.4 Å². The summed E-state index contributed by atoms with van der Waals surface area (Å²) >= 11 is 7.41. The van der Waals surface area contributed by atoms with Gasteiger partial charge in [0.1, 0.15) is 0 Å². The van der Waals surface area contributed by atoms with Crippen LogP contribution in [0, 0.1) is 0 Å². The van der Waals surface area contributed by atoms with Crippen molar-refractivity contribution in [2.75, 3.05) is 32.4 Å². The number of carbonyl (C=O) groups excluding carboxylic acids is 2. The summed E-state index contributed by atoms with van der Waals surface area (Å²) in [6, 6.07) is 9.71. The van der Waals surface area contributed by atoms with Gasteiger partial charge in [0.25, 0.3) is 0 Å². The minimum Gasteiger partial charge on any atom is -0.454 e. The third kappa shape index (κ3) is 6.62. The summed E-state index contributed by atoms with van der Waals surface area (Å²) in [5.74, 6) is 1.66. The van der Waals surface area contributed by atoms with E-state index >= 15 is 0 Å². The Kier molecular flexibility index (Phi) is 8.47. The zero-order chi connectivity index (χ0) is 23.0.